The molecule has 1 heterocycles. The van der Waals surface area contributed by atoms with Gasteiger partial charge in [0.2, 0.25) is 5.88 Å². The smallest absolute Gasteiger partial charge is 0.321 e. The number of urea groups is 1. The number of para-hydroxylation sites is 1. The first-order valence-electron chi connectivity index (χ1n) is 6.99. The van der Waals surface area contributed by atoms with Gasteiger partial charge in [-0.25, -0.2) is 14.2 Å². The molecule has 23 heavy (non-hydrogen) atoms. The van der Waals surface area contributed by atoms with Crippen LogP contribution in [0, 0.1) is 5.82 Å². The number of carbonyl (C=O) groups excluding carboxylic acids is 1. The first kappa shape index (κ1) is 16.5. The monoisotopic (exact) mass is 319 g/mol. The van der Waals surface area contributed by atoms with Crippen LogP contribution in [-0.4, -0.2) is 43.2 Å². The van der Waals surface area contributed by atoms with Crippen molar-refractivity contribution in [2.24, 2.45) is 0 Å². The van der Waals surface area contributed by atoms with Crippen molar-refractivity contribution in [3.8, 4) is 11.6 Å². The van der Waals surface area contributed by atoms with Gasteiger partial charge in [0, 0.05) is 13.1 Å². The number of pyridine rings is 1. The number of benzene rings is 1. The summed E-state index contributed by atoms with van der Waals surface area (Å²) >= 11 is 0. The Morgan fingerprint density at radius 3 is 2.74 bits per heavy atom. The number of methoxy groups -OCH3 is 1. The fourth-order valence-electron chi connectivity index (χ4n) is 1.75. The highest BCUT2D eigenvalue weighted by molar-refractivity contribution is 5.88. The van der Waals surface area contributed by atoms with Crippen molar-refractivity contribution >= 4 is 11.7 Å². The zero-order valence-corrected chi connectivity index (χ0v) is 13.0. The molecule has 1 N–H and O–H groups in total. The second-order valence-electron chi connectivity index (χ2n) is 4.72. The number of aromatic nitrogens is 1. The number of rotatable bonds is 6. The van der Waals surface area contributed by atoms with Crippen LogP contribution in [0.2, 0.25) is 0 Å². The lowest BCUT2D eigenvalue weighted by atomic mass is 10.3. The Hall–Kier alpha value is -2.83. The van der Waals surface area contributed by atoms with Gasteiger partial charge in [0.05, 0.1) is 25.5 Å². The molecule has 7 heteroatoms. The molecule has 0 unspecified atom stereocenters. The molecule has 6 nitrogen and oxygen atoms in total. The third-order valence-corrected chi connectivity index (χ3v) is 3.06. The fraction of sp³-hybridized carbons (Fsp3) is 0.250. The van der Waals surface area contributed by atoms with Gasteiger partial charge < -0.3 is 19.7 Å². The maximum absolute atomic E-state index is 13.4. The van der Waals surface area contributed by atoms with Gasteiger partial charge in [-0.2, -0.15) is 0 Å². The largest absolute Gasteiger partial charge is 0.489 e. The van der Waals surface area contributed by atoms with E-state index in [0.29, 0.717) is 18.1 Å². The van der Waals surface area contributed by atoms with Crippen LogP contribution < -0.4 is 14.8 Å². The summed E-state index contributed by atoms with van der Waals surface area (Å²) in [5, 5.41) is 2.69. The summed E-state index contributed by atoms with van der Waals surface area (Å²) in [6.07, 6.45) is 1.50. The molecule has 122 valence electrons. The van der Waals surface area contributed by atoms with Gasteiger partial charge in [-0.1, -0.05) is 12.1 Å². The molecule has 2 amide bonds. The number of hydrogen-bond acceptors (Lipinski definition) is 4. The Labute approximate surface area is 133 Å². The summed E-state index contributed by atoms with van der Waals surface area (Å²) < 4.78 is 23.6. The van der Waals surface area contributed by atoms with Crippen LogP contribution in [0.4, 0.5) is 14.9 Å². The molecular weight excluding hydrogens is 301 g/mol. The minimum absolute atomic E-state index is 0.167. The Kier molecular flexibility index (Phi) is 5.74. The Bertz CT molecular complexity index is 649. The van der Waals surface area contributed by atoms with E-state index >= 15 is 0 Å². The third-order valence-electron chi connectivity index (χ3n) is 3.06. The normalized spacial score (nSPS) is 10.0. The van der Waals surface area contributed by atoms with Crippen molar-refractivity contribution in [3.63, 3.8) is 0 Å². The molecule has 2 rings (SSSR count). The average Bonchev–Trinajstić information content (AvgIpc) is 2.57. The highest BCUT2D eigenvalue weighted by atomic mass is 19.1. The lowest BCUT2D eigenvalue weighted by Crippen LogP contribution is -2.34. The van der Waals surface area contributed by atoms with Crippen LogP contribution in [0.1, 0.15) is 0 Å². The topological polar surface area (TPSA) is 63.7 Å². The van der Waals surface area contributed by atoms with Crippen LogP contribution in [0.5, 0.6) is 11.6 Å². The molecule has 0 aliphatic heterocycles. The number of ether oxygens (including phenoxy) is 2. The standard InChI is InChI=1S/C16H18FN3O3/c1-20(9-10-23-14-6-4-3-5-13(14)17)16(21)19-12-7-8-15(22-2)18-11-12/h3-8,11H,9-10H2,1-2H3,(H,19,21). The van der Waals surface area contributed by atoms with E-state index < -0.39 is 5.82 Å². The molecule has 0 aliphatic rings. The van der Waals surface area contributed by atoms with E-state index in [1.54, 1.807) is 37.4 Å². The molecule has 1 aromatic carbocycles. The van der Waals surface area contributed by atoms with Crippen molar-refractivity contribution in [1.82, 2.24) is 9.88 Å². The van der Waals surface area contributed by atoms with E-state index in [9.17, 15) is 9.18 Å². The molecule has 0 bridgehead atoms. The number of amides is 2. The maximum atomic E-state index is 13.4. The van der Waals surface area contributed by atoms with Gasteiger partial charge in [0.15, 0.2) is 11.6 Å². The van der Waals surface area contributed by atoms with Crippen molar-refractivity contribution in [1.29, 1.82) is 0 Å². The molecule has 0 fully saturated rings. The second kappa shape index (κ2) is 7.98. The van der Waals surface area contributed by atoms with Crippen molar-refractivity contribution in [3.05, 3.63) is 48.4 Å². The summed E-state index contributed by atoms with van der Waals surface area (Å²) in [4.78, 5) is 17.4. The number of nitrogens with zero attached hydrogens (tertiary/aromatic N) is 2. The number of likely N-dealkylation sites (N-methyl/N-ethyl adjacent to an activating group) is 1. The Morgan fingerprint density at radius 2 is 2.09 bits per heavy atom. The minimum atomic E-state index is -0.427. The van der Waals surface area contributed by atoms with Gasteiger partial charge in [0.25, 0.3) is 0 Å². The lowest BCUT2D eigenvalue weighted by Gasteiger charge is -2.18. The summed E-state index contributed by atoms with van der Waals surface area (Å²) in [7, 11) is 3.14. The van der Waals surface area contributed by atoms with Gasteiger partial charge in [-0.05, 0) is 18.2 Å². The first-order valence-corrected chi connectivity index (χ1v) is 6.99. The van der Waals surface area contributed by atoms with Crippen LogP contribution in [0.25, 0.3) is 0 Å². The summed E-state index contributed by atoms with van der Waals surface area (Å²) in [5.74, 6) is 0.208. The molecule has 0 saturated carbocycles. The Balaban J connectivity index is 1.79. The van der Waals surface area contributed by atoms with E-state index in [0.717, 1.165) is 0 Å². The summed E-state index contributed by atoms with van der Waals surface area (Å²) in [6.45, 7) is 0.496. The molecule has 0 atom stereocenters. The fourth-order valence-corrected chi connectivity index (χ4v) is 1.75. The van der Waals surface area contributed by atoms with E-state index in [1.807, 2.05) is 0 Å². The third kappa shape index (κ3) is 4.84. The molecule has 1 aromatic heterocycles. The molecule has 2 aromatic rings. The molecule has 0 saturated heterocycles. The SMILES string of the molecule is COc1ccc(NC(=O)N(C)CCOc2ccccc2F)cn1. The molecule has 0 aliphatic carbocycles. The predicted octanol–water partition coefficient (Wildman–Crippen LogP) is 2.77. The van der Waals surface area contributed by atoms with E-state index in [2.05, 4.69) is 10.3 Å². The highest BCUT2D eigenvalue weighted by Gasteiger charge is 2.10. The zero-order chi connectivity index (χ0) is 16.7. The number of carbonyl (C=O) groups is 1. The average molecular weight is 319 g/mol. The van der Waals surface area contributed by atoms with Crippen LogP contribution in [0.3, 0.4) is 0 Å². The number of halogens is 1. The van der Waals surface area contributed by atoms with Gasteiger partial charge in [0.1, 0.15) is 6.61 Å². The van der Waals surface area contributed by atoms with Crippen molar-refractivity contribution in [2.75, 3.05) is 32.6 Å². The van der Waals surface area contributed by atoms with Crippen molar-refractivity contribution < 1.29 is 18.7 Å². The highest BCUT2D eigenvalue weighted by Crippen LogP contribution is 2.15. The summed E-state index contributed by atoms with van der Waals surface area (Å²) in [6, 6.07) is 9.16. The van der Waals surface area contributed by atoms with E-state index in [4.69, 9.17) is 9.47 Å². The molecule has 0 spiro atoms. The Morgan fingerprint density at radius 1 is 1.30 bits per heavy atom. The number of hydrogen-bond donors (Lipinski definition) is 1. The van der Waals surface area contributed by atoms with Gasteiger partial charge in [-0.3, -0.25) is 0 Å². The van der Waals surface area contributed by atoms with Crippen LogP contribution in [-0.2, 0) is 0 Å². The van der Waals surface area contributed by atoms with Crippen molar-refractivity contribution in [2.45, 2.75) is 0 Å². The predicted molar refractivity (Wildman–Crippen MR) is 84.3 cm³/mol. The van der Waals surface area contributed by atoms with Gasteiger partial charge in [-0.15, -0.1) is 0 Å². The number of anilines is 1. The zero-order valence-electron chi connectivity index (χ0n) is 13.0. The van der Waals surface area contributed by atoms with Crippen LogP contribution in [0.15, 0.2) is 42.6 Å². The molecule has 0 radical (unpaired) electrons. The first-order chi connectivity index (χ1) is 11.1. The quantitative estimate of drug-likeness (QED) is 0.889. The van der Waals surface area contributed by atoms with Gasteiger partial charge >= 0.3 is 6.03 Å². The number of nitrogens with one attached hydrogen (secondary N) is 1. The maximum Gasteiger partial charge on any atom is 0.321 e. The van der Waals surface area contributed by atoms with Crippen LogP contribution >= 0.6 is 0 Å². The molecular formula is C16H18FN3O3. The van der Waals surface area contributed by atoms with E-state index in [1.165, 1.54) is 24.3 Å². The lowest BCUT2D eigenvalue weighted by molar-refractivity contribution is 0.206. The van der Waals surface area contributed by atoms with E-state index in [-0.39, 0.29) is 18.4 Å². The minimum Gasteiger partial charge on any atom is -0.489 e. The summed E-state index contributed by atoms with van der Waals surface area (Å²) in [5.41, 5.74) is 0.553. The second-order valence-corrected chi connectivity index (χ2v) is 4.72.